The van der Waals surface area contributed by atoms with Gasteiger partial charge >= 0.3 is 0 Å². The fourth-order valence-electron chi connectivity index (χ4n) is 5.31. The van der Waals surface area contributed by atoms with E-state index in [-0.39, 0.29) is 24.0 Å². The van der Waals surface area contributed by atoms with Gasteiger partial charge in [0.2, 0.25) is 5.91 Å². The van der Waals surface area contributed by atoms with E-state index >= 15 is 0 Å². The molecule has 1 atom stereocenters. The predicted molar refractivity (Wildman–Crippen MR) is 134 cm³/mol. The fraction of sp³-hybridized carbons (Fsp3) is 0.357. The number of nitrogens with zero attached hydrogens (tertiary/aromatic N) is 1. The van der Waals surface area contributed by atoms with Crippen LogP contribution in [0.5, 0.6) is 5.75 Å². The summed E-state index contributed by atoms with van der Waals surface area (Å²) in [5.74, 6) is 0.737. The smallest absolute Gasteiger partial charge is 0.246 e. The Bertz CT molecular complexity index is 1360. The minimum absolute atomic E-state index is 0.0161. The number of methoxy groups -OCH3 is 2. The predicted octanol–water partition coefficient (Wildman–Crippen LogP) is 5.09. The van der Waals surface area contributed by atoms with Crippen molar-refractivity contribution in [2.45, 2.75) is 39.2 Å². The van der Waals surface area contributed by atoms with Crippen molar-refractivity contribution in [2.75, 3.05) is 20.8 Å². The molecule has 34 heavy (non-hydrogen) atoms. The topological polar surface area (TPSA) is 76.2 Å². The van der Waals surface area contributed by atoms with Crippen LogP contribution in [0.1, 0.15) is 48.8 Å². The molecule has 4 aromatic rings. The Morgan fingerprint density at radius 2 is 1.91 bits per heavy atom. The van der Waals surface area contributed by atoms with Gasteiger partial charge in [0.1, 0.15) is 12.4 Å². The zero-order chi connectivity index (χ0) is 23.9. The number of fused-ring (bicyclic) bond motifs is 5. The number of amides is 1. The zero-order valence-electron chi connectivity index (χ0n) is 20.2. The van der Waals surface area contributed by atoms with E-state index in [4.69, 9.17) is 14.5 Å². The van der Waals surface area contributed by atoms with Gasteiger partial charge in [-0.25, -0.2) is 0 Å². The summed E-state index contributed by atoms with van der Waals surface area (Å²) >= 11 is 0. The van der Waals surface area contributed by atoms with E-state index in [9.17, 15) is 4.79 Å². The number of aromatic nitrogens is 2. The highest BCUT2D eigenvalue weighted by atomic mass is 16.5. The van der Waals surface area contributed by atoms with Crippen molar-refractivity contribution in [1.82, 2.24) is 15.3 Å². The number of benzene rings is 2. The van der Waals surface area contributed by atoms with Gasteiger partial charge in [0.25, 0.3) is 0 Å². The van der Waals surface area contributed by atoms with Gasteiger partial charge in [-0.3, -0.25) is 9.78 Å². The molecule has 2 N–H and O–H groups in total. The van der Waals surface area contributed by atoms with Crippen LogP contribution in [0.25, 0.3) is 21.8 Å². The maximum Gasteiger partial charge on any atom is 0.246 e. The van der Waals surface area contributed by atoms with Gasteiger partial charge in [-0.1, -0.05) is 44.2 Å². The molecule has 2 aromatic carbocycles. The number of hydrogen-bond acceptors (Lipinski definition) is 4. The van der Waals surface area contributed by atoms with Crippen LogP contribution < -0.4 is 10.1 Å². The van der Waals surface area contributed by atoms with E-state index in [0.29, 0.717) is 6.42 Å². The standard InChI is InChI=1S/C28H31N3O3/c1-28(2)14-22-26(23(15-28)30-24(32)16-33-3)25-19-7-5-6-8-20(19)31-27(25)21(29-22)13-17-9-11-18(34-4)12-10-17/h5-12,23,31H,13-16H2,1-4H3,(H,30,32). The average Bonchev–Trinajstić information content (AvgIpc) is 3.19. The summed E-state index contributed by atoms with van der Waals surface area (Å²) in [4.78, 5) is 21.4. The number of hydrogen-bond donors (Lipinski definition) is 2. The van der Waals surface area contributed by atoms with E-state index in [2.05, 4.69) is 54.5 Å². The number of rotatable bonds is 6. The Morgan fingerprint density at radius 3 is 2.65 bits per heavy atom. The lowest BCUT2D eigenvalue weighted by atomic mass is 9.72. The highest BCUT2D eigenvalue weighted by Crippen LogP contribution is 2.45. The van der Waals surface area contributed by atoms with E-state index < -0.39 is 0 Å². The first-order chi connectivity index (χ1) is 16.4. The van der Waals surface area contributed by atoms with Crippen molar-refractivity contribution in [3.05, 3.63) is 71.0 Å². The highest BCUT2D eigenvalue weighted by Gasteiger charge is 2.36. The Kier molecular flexibility index (Phi) is 5.78. The maximum absolute atomic E-state index is 12.6. The minimum atomic E-state index is -0.120. The van der Waals surface area contributed by atoms with Crippen LogP contribution in [-0.4, -0.2) is 36.7 Å². The fourth-order valence-corrected chi connectivity index (χ4v) is 5.31. The Labute approximate surface area is 199 Å². The Balaban J connectivity index is 1.70. The molecule has 0 bridgehead atoms. The van der Waals surface area contributed by atoms with Gasteiger partial charge in [-0.15, -0.1) is 0 Å². The third kappa shape index (κ3) is 4.14. The average molecular weight is 458 g/mol. The van der Waals surface area contributed by atoms with E-state index in [0.717, 1.165) is 52.0 Å². The molecule has 6 heteroatoms. The van der Waals surface area contributed by atoms with Gasteiger partial charge in [0.05, 0.1) is 24.4 Å². The molecule has 1 amide bonds. The quantitative estimate of drug-likeness (QED) is 0.423. The lowest BCUT2D eigenvalue weighted by Gasteiger charge is -2.37. The number of para-hydroxylation sites is 1. The minimum Gasteiger partial charge on any atom is -0.497 e. The molecule has 1 unspecified atom stereocenters. The van der Waals surface area contributed by atoms with Gasteiger partial charge in [0.15, 0.2) is 0 Å². The summed E-state index contributed by atoms with van der Waals surface area (Å²) in [7, 11) is 3.22. The first-order valence-corrected chi connectivity index (χ1v) is 11.7. The molecule has 0 spiro atoms. The third-order valence-electron chi connectivity index (χ3n) is 6.74. The molecular weight excluding hydrogens is 426 g/mol. The molecule has 0 saturated carbocycles. The van der Waals surface area contributed by atoms with Crippen molar-refractivity contribution < 1.29 is 14.3 Å². The molecule has 2 aromatic heterocycles. The van der Waals surface area contributed by atoms with Crippen molar-refractivity contribution >= 4 is 27.7 Å². The van der Waals surface area contributed by atoms with Crippen LogP contribution in [0.15, 0.2) is 48.5 Å². The summed E-state index contributed by atoms with van der Waals surface area (Å²) in [5, 5.41) is 5.56. The van der Waals surface area contributed by atoms with Gasteiger partial charge in [-0.2, -0.15) is 0 Å². The van der Waals surface area contributed by atoms with Crippen LogP contribution in [0.4, 0.5) is 0 Å². The summed E-state index contributed by atoms with van der Waals surface area (Å²) in [5.41, 5.74) is 6.54. The van der Waals surface area contributed by atoms with Gasteiger partial charge in [0, 0.05) is 41.1 Å². The molecule has 176 valence electrons. The van der Waals surface area contributed by atoms with Gasteiger partial charge < -0.3 is 19.8 Å². The van der Waals surface area contributed by atoms with E-state index in [1.54, 1.807) is 14.2 Å². The monoisotopic (exact) mass is 457 g/mol. The van der Waals surface area contributed by atoms with Crippen molar-refractivity contribution in [1.29, 1.82) is 0 Å². The Hall–Kier alpha value is -3.38. The maximum atomic E-state index is 12.6. The van der Waals surface area contributed by atoms with Crippen molar-refractivity contribution in [3.8, 4) is 5.75 Å². The molecule has 2 heterocycles. The lowest BCUT2D eigenvalue weighted by molar-refractivity contribution is -0.125. The number of carbonyl (C=O) groups is 1. The molecule has 0 aliphatic heterocycles. The second-order valence-electron chi connectivity index (χ2n) is 9.96. The molecule has 1 aliphatic carbocycles. The summed E-state index contributed by atoms with van der Waals surface area (Å²) in [6.45, 7) is 4.54. The third-order valence-corrected chi connectivity index (χ3v) is 6.74. The summed E-state index contributed by atoms with van der Waals surface area (Å²) < 4.78 is 10.4. The second kappa shape index (κ2) is 8.76. The molecule has 0 radical (unpaired) electrons. The van der Waals surface area contributed by atoms with E-state index in [1.807, 2.05) is 18.2 Å². The van der Waals surface area contributed by atoms with Crippen LogP contribution in [-0.2, 0) is 22.4 Å². The molecule has 0 saturated heterocycles. The van der Waals surface area contributed by atoms with Crippen molar-refractivity contribution in [3.63, 3.8) is 0 Å². The number of nitrogens with one attached hydrogen (secondary N) is 2. The second-order valence-corrected chi connectivity index (χ2v) is 9.96. The molecule has 1 aliphatic rings. The van der Waals surface area contributed by atoms with Crippen LogP contribution in [0.2, 0.25) is 0 Å². The first kappa shape index (κ1) is 22.4. The van der Waals surface area contributed by atoms with Crippen LogP contribution in [0, 0.1) is 5.41 Å². The molecule has 0 fully saturated rings. The van der Waals surface area contributed by atoms with Crippen LogP contribution >= 0.6 is 0 Å². The highest BCUT2D eigenvalue weighted by molar-refractivity contribution is 6.10. The summed E-state index contributed by atoms with van der Waals surface area (Å²) in [6.07, 6.45) is 2.43. The number of carbonyl (C=O) groups excluding carboxylic acids is 1. The zero-order valence-corrected chi connectivity index (χ0v) is 20.2. The van der Waals surface area contributed by atoms with Crippen molar-refractivity contribution in [2.24, 2.45) is 5.41 Å². The van der Waals surface area contributed by atoms with Crippen LogP contribution in [0.3, 0.4) is 0 Å². The number of H-pyrrole nitrogens is 1. The number of aromatic amines is 1. The number of pyridine rings is 1. The van der Waals surface area contributed by atoms with E-state index in [1.165, 1.54) is 10.9 Å². The Morgan fingerprint density at radius 1 is 1.15 bits per heavy atom. The normalized spacial score (nSPS) is 17.0. The lowest BCUT2D eigenvalue weighted by Crippen LogP contribution is -2.38. The SMILES string of the molecule is COCC(=O)NC1CC(C)(C)Cc2nc(Cc3ccc(OC)cc3)c3[nH]c4ccccc4c3c21. The molecule has 5 rings (SSSR count). The first-order valence-electron chi connectivity index (χ1n) is 11.7. The summed E-state index contributed by atoms with van der Waals surface area (Å²) in [6, 6.07) is 16.4. The molecular formula is C28H31N3O3. The van der Waals surface area contributed by atoms with Gasteiger partial charge in [-0.05, 0) is 42.0 Å². The molecule has 6 nitrogen and oxygen atoms in total. The largest absolute Gasteiger partial charge is 0.497 e. The number of ether oxygens (including phenoxy) is 2.